The van der Waals surface area contributed by atoms with Crippen LogP contribution in [-0.4, -0.2) is 5.97 Å². The van der Waals surface area contributed by atoms with E-state index in [0.29, 0.717) is 28.0 Å². The maximum Gasteiger partial charge on any atom is 1.00 e. The molecular formula is C26H17Cl2NaO3. The molecule has 0 bridgehead atoms. The van der Waals surface area contributed by atoms with Crippen LogP contribution in [0.4, 0.5) is 0 Å². The summed E-state index contributed by atoms with van der Waals surface area (Å²) in [4.78, 5) is 11.4. The van der Waals surface area contributed by atoms with Crippen molar-refractivity contribution < 1.29 is 44.2 Å². The zero-order chi connectivity index (χ0) is 21.8. The van der Waals surface area contributed by atoms with Gasteiger partial charge in [-0.2, -0.15) is 0 Å². The summed E-state index contributed by atoms with van der Waals surface area (Å²) in [5, 5.41) is 12.4. The SMILES string of the molecule is O=C([O-])c1cccc(-c2cc(Cl)ccc2-c2cc(Cl)ccc2OCc2ccccc2)c1.[Na+]. The topological polar surface area (TPSA) is 49.4 Å². The fraction of sp³-hybridized carbons (Fsp3) is 0.0385. The van der Waals surface area contributed by atoms with Gasteiger partial charge >= 0.3 is 29.6 Å². The maximum atomic E-state index is 11.4. The molecule has 0 aliphatic heterocycles. The van der Waals surface area contributed by atoms with Crippen molar-refractivity contribution in [1.82, 2.24) is 0 Å². The number of benzene rings is 4. The molecule has 0 fully saturated rings. The monoisotopic (exact) mass is 470 g/mol. The zero-order valence-electron chi connectivity index (χ0n) is 17.3. The summed E-state index contributed by atoms with van der Waals surface area (Å²) in [6.07, 6.45) is 0. The van der Waals surface area contributed by atoms with Gasteiger partial charge in [-0.25, -0.2) is 0 Å². The molecule has 0 heterocycles. The normalized spacial score (nSPS) is 10.3. The Labute approximate surface area is 218 Å². The second kappa shape index (κ2) is 11.0. The number of aromatic carboxylic acids is 1. The van der Waals surface area contributed by atoms with E-state index in [9.17, 15) is 9.90 Å². The van der Waals surface area contributed by atoms with Crippen LogP contribution < -0.4 is 39.4 Å². The first-order valence-electron chi connectivity index (χ1n) is 9.59. The van der Waals surface area contributed by atoms with E-state index in [1.165, 1.54) is 6.07 Å². The van der Waals surface area contributed by atoms with Gasteiger partial charge in [0, 0.05) is 15.6 Å². The van der Waals surface area contributed by atoms with Crippen molar-refractivity contribution >= 4 is 29.2 Å². The molecule has 0 amide bonds. The summed E-state index contributed by atoms with van der Waals surface area (Å²) in [6.45, 7) is 0.401. The smallest absolute Gasteiger partial charge is 0.545 e. The van der Waals surface area contributed by atoms with Crippen LogP contribution >= 0.6 is 23.2 Å². The van der Waals surface area contributed by atoms with E-state index in [-0.39, 0.29) is 35.1 Å². The number of ether oxygens (including phenoxy) is 1. The van der Waals surface area contributed by atoms with Gasteiger partial charge in [-0.3, -0.25) is 0 Å². The minimum absolute atomic E-state index is 0. The average Bonchev–Trinajstić information content (AvgIpc) is 2.79. The molecule has 4 aromatic rings. The standard InChI is InChI=1S/C26H18Cl2O3.Na/c27-20-9-11-22(23(14-20)18-7-4-8-19(13-18)26(29)30)24-15-21(28)10-12-25(24)31-16-17-5-2-1-3-6-17;/h1-15H,16H2,(H,29,30);/q;+1/p-1. The third-order valence-corrected chi connectivity index (χ3v) is 5.33. The van der Waals surface area contributed by atoms with Gasteiger partial charge in [0.15, 0.2) is 0 Å². The van der Waals surface area contributed by atoms with Gasteiger partial charge in [-0.05, 0) is 64.2 Å². The summed E-state index contributed by atoms with van der Waals surface area (Å²) in [7, 11) is 0. The second-order valence-electron chi connectivity index (χ2n) is 6.97. The third kappa shape index (κ3) is 5.74. The van der Waals surface area contributed by atoms with Gasteiger partial charge in [-0.1, -0.05) is 77.8 Å². The van der Waals surface area contributed by atoms with Crippen LogP contribution in [0.5, 0.6) is 5.75 Å². The first-order chi connectivity index (χ1) is 15.0. The van der Waals surface area contributed by atoms with Gasteiger partial charge in [-0.15, -0.1) is 0 Å². The maximum absolute atomic E-state index is 11.4. The summed E-state index contributed by atoms with van der Waals surface area (Å²) in [5.74, 6) is -0.576. The molecule has 4 rings (SSSR count). The Kier molecular flexibility index (Phi) is 8.41. The van der Waals surface area contributed by atoms with Crippen LogP contribution in [0, 0.1) is 0 Å². The number of carboxylic acid groups (broad SMARTS) is 1. The molecule has 0 N–H and O–H groups in total. The first kappa shape index (κ1) is 24.4. The van der Waals surface area contributed by atoms with E-state index in [2.05, 4.69) is 0 Å². The van der Waals surface area contributed by atoms with E-state index in [4.69, 9.17) is 27.9 Å². The summed E-state index contributed by atoms with van der Waals surface area (Å²) in [5.41, 5.74) is 4.21. The largest absolute Gasteiger partial charge is 1.00 e. The predicted octanol–water partition coefficient (Wildman–Crippen LogP) is 3.27. The van der Waals surface area contributed by atoms with E-state index < -0.39 is 5.97 Å². The van der Waals surface area contributed by atoms with Crippen molar-refractivity contribution in [2.24, 2.45) is 0 Å². The Hall–Kier alpha value is -2.27. The first-order valence-corrected chi connectivity index (χ1v) is 10.3. The Morgan fingerprint density at radius 3 is 2.16 bits per heavy atom. The van der Waals surface area contributed by atoms with Gasteiger partial charge in [0.2, 0.25) is 0 Å². The van der Waals surface area contributed by atoms with Crippen molar-refractivity contribution in [3.63, 3.8) is 0 Å². The van der Waals surface area contributed by atoms with Gasteiger partial charge in [0.05, 0.1) is 5.97 Å². The number of carbonyl (C=O) groups excluding carboxylic acids is 1. The van der Waals surface area contributed by atoms with Crippen molar-refractivity contribution in [3.05, 3.63) is 112 Å². The minimum atomic E-state index is -1.24. The molecule has 3 nitrogen and oxygen atoms in total. The van der Waals surface area contributed by atoms with E-state index >= 15 is 0 Å². The molecule has 154 valence electrons. The molecule has 32 heavy (non-hydrogen) atoms. The molecule has 0 aromatic heterocycles. The van der Waals surface area contributed by atoms with Crippen molar-refractivity contribution in [1.29, 1.82) is 0 Å². The summed E-state index contributed by atoms with van der Waals surface area (Å²) in [6, 6.07) is 27.3. The second-order valence-corrected chi connectivity index (χ2v) is 7.85. The van der Waals surface area contributed by atoms with Crippen molar-refractivity contribution in [2.45, 2.75) is 6.61 Å². The van der Waals surface area contributed by atoms with Crippen LogP contribution in [0.15, 0.2) is 91.0 Å². The van der Waals surface area contributed by atoms with Crippen LogP contribution in [0.25, 0.3) is 22.3 Å². The molecule has 0 saturated heterocycles. The number of carbonyl (C=O) groups is 1. The average molecular weight is 471 g/mol. The quantitative estimate of drug-likeness (QED) is 0.406. The Morgan fingerprint density at radius 2 is 1.44 bits per heavy atom. The number of hydrogen-bond acceptors (Lipinski definition) is 3. The molecule has 0 saturated carbocycles. The van der Waals surface area contributed by atoms with E-state index in [0.717, 1.165) is 22.3 Å². The molecule has 0 aliphatic rings. The minimum Gasteiger partial charge on any atom is -0.545 e. The van der Waals surface area contributed by atoms with Crippen LogP contribution in [0.1, 0.15) is 15.9 Å². The fourth-order valence-corrected chi connectivity index (χ4v) is 3.72. The van der Waals surface area contributed by atoms with E-state index in [1.54, 1.807) is 30.3 Å². The molecule has 4 aromatic carbocycles. The molecular weight excluding hydrogens is 454 g/mol. The van der Waals surface area contributed by atoms with Crippen LogP contribution in [-0.2, 0) is 6.61 Å². The Bertz CT molecular complexity index is 1240. The predicted molar refractivity (Wildman–Crippen MR) is 122 cm³/mol. The third-order valence-electron chi connectivity index (χ3n) is 4.86. The molecule has 0 atom stereocenters. The number of halogens is 2. The van der Waals surface area contributed by atoms with Gasteiger partial charge in [0.1, 0.15) is 12.4 Å². The zero-order valence-corrected chi connectivity index (χ0v) is 20.9. The van der Waals surface area contributed by atoms with Gasteiger partial charge in [0.25, 0.3) is 0 Å². The number of carboxylic acids is 1. The summed E-state index contributed by atoms with van der Waals surface area (Å²) >= 11 is 12.6. The van der Waals surface area contributed by atoms with E-state index in [1.807, 2.05) is 54.6 Å². The number of hydrogen-bond donors (Lipinski definition) is 0. The Morgan fingerprint density at radius 1 is 0.750 bits per heavy atom. The Balaban J connectivity index is 0.00000289. The molecule has 6 heteroatoms. The van der Waals surface area contributed by atoms with Gasteiger partial charge < -0.3 is 14.6 Å². The molecule has 0 unspecified atom stereocenters. The molecule has 0 radical (unpaired) electrons. The number of rotatable bonds is 6. The van der Waals surface area contributed by atoms with Crippen molar-refractivity contribution in [3.8, 4) is 28.0 Å². The summed E-state index contributed by atoms with van der Waals surface area (Å²) < 4.78 is 6.12. The molecule has 0 spiro atoms. The van der Waals surface area contributed by atoms with Crippen molar-refractivity contribution in [2.75, 3.05) is 0 Å². The fourth-order valence-electron chi connectivity index (χ4n) is 3.38. The van der Waals surface area contributed by atoms with Crippen LogP contribution in [0.2, 0.25) is 10.0 Å². The molecule has 0 aliphatic carbocycles. The van der Waals surface area contributed by atoms with Crippen LogP contribution in [0.3, 0.4) is 0 Å².